The van der Waals surface area contributed by atoms with Crippen LogP contribution in [0.2, 0.25) is 0 Å². The number of hydrogen-bond acceptors (Lipinski definition) is 4. The molecule has 0 unspecified atom stereocenters. The van der Waals surface area contributed by atoms with Crippen LogP contribution >= 0.6 is 0 Å². The molecule has 0 radical (unpaired) electrons. The molecule has 0 saturated carbocycles. The van der Waals surface area contributed by atoms with Crippen LogP contribution in [0.3, 0.4) is 0 Å². The zero-order valence-corrected chi connectivity index (χ0v) is 8.99. The summed E-state index contributed by atoms with van der Waals surface area (Å²) in [5.41, 5.74) is 1.16. The predicted molar refractivity (Wildman–Crippen MR) is 55.3 cm³/mol. The summed E-state index contributed by atoms with van der Waals surface area (Å²) in [6, 6.07) is 1.96. The highest BCUT2D eigenvalue weighted by Gasteiger charge is 2.29. The van der Waals surface area contributed by atoms with Crippen LogP contribution in [0.15, 0.2) is 23.0 Å². The van der Waals surface area contributed by atoms with E-state index >= 15 is 0 Å². The van der Waals surface area contributed by atoms with Gasteiger partial charge in [-0.2, -0.15) is 0 Å². The first kappa shape index (κ1) is 10.7. The average Bonchev–Trinajstić information content (AvgIpc) is 2.84. The predicted octanol–water partition coefficient (Wildman–Crippen LogP) is 1.52. The van der Waals surface area contributed by atoms with Gasteiger partial charge in [0.1, 0.15) is 0 Å². The fraction of sp³-hybridized carbons (Fsp3) is 0.636. The molecule has 4 heteroatoms. The molecule has 1 aliphatic heterocycles. The van der Waals surface area contributed by atoms with Gasteiger partial charge in [0.2, 0.25) is 0 Å². The number of hydrogen-bond donors (Lipinski definition) is 1. The number of furan rings is 1. The number of nitrogens with one attached hydrogen (secondary N) is 1. The quantitative estimate of drug-likeness (QED) is 0.750. The van der Waals surface area contributed by atoms with Gasteiger partial charge in [-0.25, -0.2) is 0 Å². The van der Waals surface area contributed by atoms with Crippen LogP contribution in [0.4, 0.5) is 0 Å². The van der Waals surface area contributed by atoms with Crippen molar-refractivity contribution >= 4 is 0 Å². The third kappa shape index (κ3) is 3.06. The molecule has 1 aliphatic rings. The lowest BCUT2D eigenvalue weighted by molar-refractivity contribution is -0.145. The lowest BCUT2D eigenvalue weighted by Gasteiger charge is -2.22. The monoisotopic (exact) mass is 211 g/mol. The van der Waals surface area contributed by atoms with Gasteiger partial charge >= 0.3 is 0 Å². The van der Waals surface area contributed by atoms with Gasteiger partial charge < -0.3 is 19.2 Å². The summed E-state index contributed by atoms with van der Waals surface area (Å²) in [6.45, 7) is 5.10. The minimum atomic E-state index is -0.386. The lowest BCUT2D eigenvalue weighted by Crippen LogP contribution is -2.30. The molecule has 0 atom stereocenters. The number of rotatable bonds is 5. The summed E-state index contributed by atoms with van der Waals surface area (Å²) in [7, 11) is 0. The maximum atomic E-state index is 5.50. The molecule has 0 amide bonds. The maximum absolute atomic E-state index is 5.50. The zero-order chi connectivity index (χ0) is 10.6. The van der Waals surface area contributed by atoms with Gasteiger partial charge in [-0.05, 0) is 13.0 Å². The van der Waals surface area contributed by atoms with Crippen LogP contribution in [-0.2, 0) is 16.0 Å². The van der Waals surface area contributed by atoms with Crippen molar-refractivity contribution in [3.8, 4) is 0 Å². The highest BCUT2D eigenvalue weighted by molar-refractivity contribution is 5.04. The second kappa shape index (κ2) is 4.79. The van der Waals surface area contributed by atoms with E-state index in [1.165, 1.54) is 0 Å². The van der Waals surface area contributed by atoms with Crippen molar-refractivity contribution in [3.63, 3.8) is 0 Å². The van der Waals surface area contributed by atoms with E-state index in [4.69, 9.17) is 13.9 Å². The molecule has 1 aromatic heterocycles. The molecule has 0 aliphatic carbocycles. The fourth-order valence-corrected chi connectivity index (χ4v) is 1.64. The molecule has 0 spiro atoms. The SMILES string of the molecule is CC1(CCNCc2ccoc2)OCCO1. The normalized spacial score (nSPS) is 19.5. The van der Waals surface area contributed by atoms with Gasteiger partial charge in [0.05, 0.1) is 25.7 Å². The molecular weight excluding hydrogens is 194 g/mol. The lowest BCUT2D eigenvalue weighted by atomic mass is 10.2. The van der Waals surface area contributed by atoms with Crippen molar-refractivity contribution < 1.29 is 13.9 Å². The molecule has 0 aromatic carbocycles. The van der Waals surface area contributed by atoms with Crippen LogP contribution in [0.25, 0.3) is 0 Å². The third-order valence-corrected chi connectivity index (χ3v) is 2.56. The standard InChI is InChI=1S/C11H17NO3/c1-11(14-6-7-15-11)3-4-12-8-10-2-5-13-9-10/h2,5,9,12H,3-4,6-8H2,1H3. The smallest absolute Gasteiger partial charge is 0.166 e. The first-order chi connectivity index (χ1) is 7.29. The Bertz CT molecular complexity index is 278. The van der Waals surface area contributed by atoms with Crippen molar-refractivity contribution in [2.24, 2.45) is 0 Å². The summed E-state index contributed by atoms with van der Waals surface area (Å²) >= 11 is 0. The fourth-order valence-electron chi connectivity index (χ4n) is 1.64. The van der Waals surface area contributed by atoms with Crippen LogP contribution < -0.4 is 5.32 Å². The Morgan fingerprint density at radius 2 is 2.20 bits per heavy atom. The molecule has 4 nitrogen and oxygen atoms in total. The molecular formula is C11H17NO3. The van der Waals surface area contributed by atoms with Crippen molar-refractivity contribution in [2.45, 2.75) is 25.7 Å². The van der Waals surface area contributed by atoms with Gasteiger partial charge in [-0.1, -0.05) is 0 Å². The van der Waals surface area contributed by atoms with E-state index in [0.29, 0.717) is 13.2 Å². The first-order valence-corrected chi connectivity index (χ1v) is 5.28. The number of ether oxygens (including phenoxy) is 2. The van der Waals surface area contributed by atoms with E-state index in [9.17, 15) is 0 Å². The van der Waals surface area contributed by atoms with E-state index in [2.05, 4.69) is 5.32 Å². The van der Waals surface area contributed by atoms with Gasteiger partial charge in [-0.15, -0.1) is 0 Å². The Morgan fingerprint density at radius 1 is 1.40 bits per heavy atom. The average molecular weight is 211 g/mol. The van der Waals surface area contributed by atoms with E-state index < -0.39 is 0 Å². The van der Waals surface area contributed by atoms with Crippen molar-refractivity contribution in [1.82, 2.24) is 5.32 Å². The molecule has 1 fully saturated rings. The molecule has 1 aromatic rings. The minimum Gasteiger partial charge on any atom is -0.472 e. The Labute approximate surface area is 89.6 Å². The molecule has 84 valence electrons. The van der Waals surface area contributed by atoms with Gasteiger partial charge in [0.15, 0.2) is 5.79 Å². The highest BCUT2D eigenvalue weighted by atomic mass is 16.7. The van der Waals surface area contributed by atoms with Crippen molar-refractivity contribution in [1.29, 1.82) is 0 Å². The van der Waals surface area contributed by atoms with E-state index in [1.54, 1.807) is 12.5 Å². The van der Waals surface area contributed by atoms with E-state index in [1.807, 2.05) is 13.0 Å². The first-order valence-electron chi connectivity index (χ1n) is 5.28. The third-order valence-electron chi connectivity index (χ3n) is 2.56. The van der Waals surface area contributed by atoms with Gasteiger partial charge in [0.25, 0.3) is 0 Å². The second-order valence-corrected chi connectivity index (χ2v) is 3.89. The molecule has 1 saturated heterocycles. The van der Waals surface area contributed by atoms with Crippen molar-refractivity contribution in [2.75, 3.05) is 19.8 Å². The Hall–Kier alpha value is -0.840. The summed E-state index contributed by atoms with van der Waals surface area (Å²) in [4.78, 5) is 0. The molecule has 1 N–H and O–H groups in total. The summed E-state index contributed by atoms with van der Waals surface area (Å²) in [5.74, 6) is -0.386. The largest absolute Gasteiger partial charge is 0.472 e. The Kier molecular flexibility index (Phi) is 3.41. The van der Waals surface area contributed by atoms with E-state index in [-0.39, 0.29) is 5.79 Å². The molecule has 0 bridgehead atoms. The van der Waals surface area contributed by atoms with Crippen molar-refractivity contribution in [3.05, 3.63) is 24.2 Å². The molecule has 2 heterocycles. The maximum Gasteiger partial charge on any atom is 0.166 e. The molecule has 15 heavy (non-hydrogen) atoms. The topological polar surface area (TPSA) is 43.6 Å². The zero-order valence-electron chi connectivity index (χ0n) is 8.99. The van der Waals surface area contributed by atoms with Gasteiger partial charge in [0, 0.05) is 25.1 Å². The van der Waals surface area contributed by atoms with Crippen LogP contribution in [0.1, 0.15) is 18.9 Å². The van der Waals surface area contributed by atoms with Crippen LogP contribution in [-0.4, -0.2) is 25.5 Å². The molecule has 2 rings (SSSR count). The van der Waals surface area contributed by atoms with Gasteiger partial charge in [-0.3, -0.25) is 0 Å². The minimum absolute atomic E-state index is 0.386. The Morgan fingerprint density at radius 3 is 2.87 bits per heavy atom. The summed E-state index contributed by atoms with van der Waals surface area (Å²) in [6.07, 6.45) is 4.30. The van der Waals surface area contributed by atoms with E-state index in [0.717, 1.165) is 25.1 Å². The Balaban J connectivity index is 1.62. The highest BCUT2D eigenvalue weighted by Crippen LogP contribution is 2.21. The second-order valence-electron chi connectivity index (χ2n) is 3.89. The van der Waals surface area contributed by atoms with Crippen LogP contribution in [0.5, 0.6) is 0 Å². The summed E-state index contributed by atoms with van der Waals surface area (Å²) in [5, 5.41) is 3.32. The summed E-state index contributed by atoms with van der Waals surface area (Å²) < 4.78 is 16.0. The van der Waals surface area contributed by atoms with Crippen LogP contribution in [0, 0.1) is 0 Å².